The van der Waals surface area contributed by atoms with Crippen LogP contribution in [-0.4, -0.2) is 75.2 Å². The van der Waals surface area contributed by atoms with E-state index in [2.05, 4.69) is 16.8 Å². The number of nitrogens with zero attached hydrogens (tertiary/aromatic N) is 3. The third-order valence-electron chi connectivity index (χ3n) is 12.1. The lowest BCUT2D eigenvalue weighted by Crippen LogP contribution is -2.49. The van der Waals surface area contributed by atoms with Gasteiger partial charge < -0.3 is 19.9 Å². The first-order chi connectivity index (χ1) is 26.0. The van der Waals surface area contributed by atoms with Gasteiger partial charge in [-0.05, 0) is 129 Å². The zero-order valence-corrected chi connectivity index (χ0v) is 32.4. The Morgan fingerprint density at radius 3 is 2.38 bits per heavy atom. The number of benzene rings is 3. The van der Waals surface area contributed by atoms with E-state index in [1.165, 1.54) is 28.8 Å². The van der Waals surface area contributed by atoms with E-state index in [0.717, 1.165) is 41.8 Å². The van der Waals surface area contributed by atoms with Gasteiger partial charge >= 0.3 is 0 Å². The molecular weight excluding hydrogens is 730 g/mol. The Hall–Kier alpha value is -4.36. The van der Waals surface area contributed by atoms with Crippen LogP contribution < -0.4 is 19.9 Å². The minimum atomic E-state index is -3.36. The van der Waals surface area contributed by atoms with Crippen molar-refractivity contribution in [3.05, 3.63) is 101 Å². The van der Waals surface area contributed by atoms with Crippen LogP contribution in [0.1, 0.15) is 75.0 Å². The highest BCUT2D eigenvalue weighted by molar-refractivity contribution is 7.88. The maximum absolute atomic E-state index is 14.9. The van der Waals surface area contributed by atoms with Crippen molar-refractivity contribution in [3.63, 3.8) is 0 Å². The second-order valence-corrected chi connectivity index (χ2v) is 18.4. The summed E-state index contributed by atoms with van der Waals surface area (Å²) in [7, 11) is -3.36. The Morgan fingerprint density at radius 2 is 1.71 bits per heavy atom. The molecule has 2 atom stereocenters. The number of anilines is 2. The number of carbonyl (C=O) groups is 2. The molecule has 0 aromatic heterocycles. The maximum atomic E-state index is 14.9. The van der Waals surface area contributed by atoms with Gasteiger partial charge in [0.05, 0.1) is 18.5 Å². The van der Waals surface area contributed by atoms with Gasteiger partial charge in [-0.3, -0.25) is 9.59 Å². The number of fused-ring (bicyclic) bond motifs is 3. The number of sulfonamides is 1. The molecule has 2 saturated heterocycles. The van der Waals surface area contributed by atoms with Crippen LogP contribution >= 0.6 is 0 Å². The third-order valence-corrected chi connectivity index (χ3v) is 13.4. The minimum absolute atomic E-state index is 0.0682. The van der Waals surface area contributed by atoms with Gasteiger partial charge in [-0.25, -0.2) is 25.9 Å². The van der Waals surface area contributed by atoms with Crippen molar-refractivity contribution in [3.8, 4) is 5.75 Å². The zero-order chi connectivity index (χ0) is 39.3. The molecule has 1 spiro atoms. The predicted octanol–water partition coefficient (Wildman–Crippen LogP) is 6.61. The molecule has 55 heavy (non-hydrogen) atoms. The molecule has 3 aliphatic heterocycles. The van der Waals surface area contributed by atoms with E-state index in [-0.39, 0.29) is 47.7 Å². The normalized spacial score (nSPS) is 21.4. The molecule has 0 radical (unpaired) electrons. The Balaban J connectivity index is 1.06. The topological polar surface area (TPSA) is 99.3 Å². The summed E-state index contributed by atoms with van der Waals surface area (Å²) in [5.74, 6) is -2.18. The van der Waals surface area contributed by atoms with E-state index in [1.54, 1.807) is 11.0 Å². The van der Waals surface area contributed by atoms with Crippen LogP contribution in [0.5, 0.6) is 5.75 Å². The molecule has 1 N–H and O–H groups in total. The van der Waals surface area contributed by atoms with E-state index < -0.39 is 33.3 Å². The lowest BCUT2D eigenvalue weighted by molar-refractivity contribution is -0.122. The van der Waals surface area contributed by atoms with Gasteiger partial charge in [-0.1, -0.05) is 18.7 Å². The summed E-state index contributed by atoms with van der Waals surface area (Å²) in [4.78, 5) is 30.6. The predicted molar refractivity (Wildman–Crippen MR) is 206 cm³/mol. The van der Waals surface area contributed by atoms with E-state index in [4.69, 9.17) is 4.74 Å². The number of carbonyl (C=O) groups excluding carboxylic acids is 2. The first-order valence-corrected chi connectivity index (χ1v) is 20.9. The van der Waals surface area contributed by atoms with Crippen molar-refractivity contribution in [2.75, 3.05) is 48.8 Å². The molecule has 7 rings (SSSR count). The first kappa shape index (κ1) is 38.9. The fourth-order valence-corrected chi connectivity index (χ4v) is 10.2. The largest absolute Gasteiger partial charge is 0.484 e. The fraction of sp³-hybridized carbons (Fsp3) is 0.476. The molecule has 2 fully saturated rings. The number of hydrogen-bond acceptors (Lipinski definition) is 6. The zero-order valence-electron chi connectivity index (χ0n) is 31.6. The van der Waals surface area contributed by atoms with E-state index in [9.17, 15) is 31.2 Å². The number of nitrogens with one attached hydrogen (secondary N) is 1. The van der Waals surface area contributed by atoms with E-state index >= 15 is 0 Å². The number of amides is 2. The van der Waals surface area contributed by atoms with Gasteiger partial charge in [0, 0.05) is 50.4 Å². The van der Waals surface area contributed by atoms with Crippen molar-refractivity contribution in [1.82, 2.24) is 9.62 Å². The maximum Gasteiger partial charge on any atom is 0.250 e. The summed E-state index contributed by atoms with van der Waals surface area (Å²) in [5, 5.41) is 3.21. The van der Waals surface area contributed by atoms with Crippen LogP contribution in [0.3, 0.4) is 0 Å². The van der Waals surface area contributed by atoms with Gasteiger partial charge in [-0.15, -0.1) is 0 Å². The summed E-state index contributed by atoms with van der Waals surface area (Å²) in [6.45, 7) is 10.0. The van der Waals surface area contributed by atoms with Gasteiger partial charge in [0.15, 0.2) is 11.6 Å². The number of ether oxygens (including phenoxy) is 1. The quantitative estimate of drug-likeness (QED) is 0.246. The monoisotopic (exact) mass is 778 g/mol. The van der Waals surface area contributed by atoms with E-state index in [1.807, 2.05) is 38.1 Å². The number of rotatable bonds is 9. The third kappa shape index (κ3) is 8.14. The lowest BCUT2D eigenvalue weighted by Gasteiger charge is -2.43. The highest BCUT2D eigenvalue weighted by Gasteiger charge is 2.46. The van der Waals surface area contributed by atoms with E-state index in [0.29, 0.717) is 69.0 Å². The smallest absolute Gasteiger partial charge is 0.250 e. The Bertz CT molecular complexity index is 2090. The second-order valence-electron chi connectivity index (χ2n) is 16.4. The number of piperidine rings is 2. The average molecular weight is 779 g/mol. The molecule has 13 heteroatoms. The van der Waals surface area contributed by atoms with Crippen molar-refractivity contribution >= 4 is 33.2 Å². The molecule has 294 valence electrons. The summed E-state index contributed by atoms with van der Waals surface area (Å²) < 4.78 is 75.0. The van der Waals surface area contributed by atoms with Gasteiger partial charge in [0.25, 0.3) is 5.91 Å². The molecule has 9 nitrogen and oxygen atoms in total. The van der Waals surface area contributed by atoms with Crippen molar-refractivity contribution in [1.29, 1.82) is 0 Å². The molecule has 1 aliphatic carbocycles. The molecule has 2 amide bonds. The highest BCUT2D eigenvalue weighted by atomic mass is 32.2. The summed E-state index contributed by atoms with van der Waals surface area (Å²) >= 11 is 0. The molecule has 3 aromatic rings. The molecule has 3 heterocycles. The fourth-order valence-electron chi connectivity index (χ4n) is 9.35. The minimum Gasteiger partial charge on any atom is -0.484 e. The van der Waals surface area contributed by atoms with Crippen molar-refractivity contribution < 1.29 is 35.9 Å². The van der Waals surface area contributed by atoms with Crippen LogP contribution in [0.15, 0.2) is 67.3 Å². The summed E-state index contributed by atoms with van der Waals surface area (Å²) in [6.07, 6.45) is 6.18. The Kier molecular flexibility index (Phi) is 10.6. The van der Waals surface area contributed by atoms with Crippen LogP contribution in [0, 0.1) is 23.4 Å². The Labute approximate surface area is 321 Å². The SMILES string of the molecule is C=CC(=O)N1CC(C)(C)Oc2cc(N3CCC4(CC3)C[C@@H](CC(=O)N[C@H](Cc3ccc(F)c(F)c3)C3CCN(S(C)(=O)=O)CC3)c3ccc(F)cc34)ccc21. The van der Waals surface area contributed by atoms with Gasteiger partial charge in [0.1, 0.15) is 17.2 Å². The second kappa shape index (κ2) is 14.9. The Morgan fingerprint density at radius 1 is 0.982 bits per heavy atom. The molecule has 3 aromatic carbocycles. The van der Waals surface area contributed by atoms with Crippen molar-refractivity contribution in [2.45, 2.75) is 81.8 Å². The standard InChI is InChI=1S/C42H49F3N4O5S/c1-5-40(51)49-26-41(2,3)54-38-24-31(8-11-37(38)49)47-18-14-42(15-19-47)25-29(32-9-7-30(43)23-33(32)42)22-39(50)46-36(21-27-6-10-34(44)35(45)20-27)28-12-16-48(17-13-28)55(4,52)53/h5-11,20,23-24,28-29,36H,1,12-19,21-22,25-26H2,2-4H3,(H,46,50)/t29-,36-/m1/s1. The molecule has 0 saturated carbocycles. The van der Waals surface area contributed by atoms with Crippen LogP contribution in [-0.2, 0) is 31.4 Å². The highest BCUT2D eigenvalue weighted by Crippen LogP contribution is 2.53. The van der Waals surface area contributed by atoms with Gasteiger partial charge in [-0.2, -0.15) is 0 Å². The van der Waals surface area contributed by atoms with Crippen LogP contribution in [0.25, 0.3) is 0 Å². The first-order valence-electron chi connectivity index (χ1n) is 19.0. The summed E-state index contributed by atoms with van der Waals surface area (Å²) in [6, 6.07) is 14.1. The molecule has 4 aliphatic rings. The summed E-state index contributed by atoms with van der Waals surface area (Å²) in [5.41, 5.74) is 3.24. The number of hydrogen-bond donors (Lipinski definition) is 1. The van der Waals surface area contributed by atoms with Crippen LogP contribution in [0.4, 0.5) is 24.5 Å². The van der Waals surface area contributed by atoms with Crippen molar-refractivity contribution in [2.24, 2.45) is 5.92 Å². The van der Waals surface area contributed by atoms with Gasteiger partial charge in [0.2, 0.25) is 15.9 Å². The number of halogens is 3. The average Bonchev–Trinajstić information content (AvgIpc) is 3.42. The lowest BCUT2D eigenvalue weighted by atomic mass is 9.73. The molecular formula is C42H49F3N4O5S. The molecule has 0 unspecified atom stereocenters. The molecule has 0 bridgehead atoms. The van der Waals surface area contributed by atoms with Crippen LogP contribution in [0.2, 0.25) is 0 Å².